The maximum atomic E-state index is 13.9. The van der Waals surface area contributed by atoms with Crippen LogP contribution >= 0.6 is 101 Å². The van der Waals surface area contributed by atoms with E-state index in [1.165, 1.54) is 24.3 Å². The number of phosphoric ester groups is 1. The van der Waals surface area contributed by atoms with Crippen molar-refractivity contribution < 1.29 is 18.1 Å². The zero-order chi connectivity index (χ0) is 25.6. The summed E-state index contributed by atoms with van der Waals surface area (Å²) < 4.78 is 31.0. The summed E-state index contributed by atoms with van der Waals surface area (Å²) in [6.07, 6.45) is 0.523. The van der Waals surface area contributed by atoms with Crippen LogP contribution in [0.25, 0.3) is 11.5 Å². The molecule has 0 spiro atoms. The molecule has 0 aliphatic heterocycles. The average Bonchev–Trinajstić information content (AvgIpc) is 2.79. The second-order valence-corrected chi connectivity index (χ2v) is 11.0. The third kappa shape index (κ3) is 7.76. The monoisotopic (exact) mass is 644 g/mol. The third-order valence-corrected chi connectivity index (χ3v) is 8.22. The summed E-state index contributed by atoms with van der Waals surface area (Å²) in [6.45, 7) is 3.70. The molecule has 0 fully saturated rings. The number of halogens is 8. The van der Waals surface area contributed by atoms with Crippen molar-refractivity contribution in [2.75, 3.05) is 0 Å². The summed E-state index contributed by atoms with van der Waals surface area (Å²) >= 11 is 48.7. The van der Waals surface area contributed by atoms with Crippen molar-refractivity contribution in [1.82, 2.24) is 0 Å². The molecule has 2 rings (SSSR count). The predicted octanol–water partition coefficient (Wildman–Crippen LogP) is 11.7. The van der Waals surface area contributed by atoms with Gasteiger partial charge in [-0.2, -0.15) is 0 Å². The van der Waals surface area contributed by atoms with E-state index in [1.54, 1.807) is 0 Å². The Labute approximate surface area is 238 Å². The van der Waals surface area contributed by atoms with Crippen LogP contribution in [-0.2, 0) is 18.1 Å². The Morgan fingerprint density at radius 2 is 1.09 bits per heavy atom. The Morgan fingerprint density at radius 3 is 1.41 bits per heavy atom. The fourth-order valence-corrected chi connectivity index (χ4v) is 5.90. The van der Waals surface area contributed by atoms with Crippen molar-refractivity contribution in [2.24, 2.45) is 0 Å². The molecule has 34 heavy (non-hydrogen) atoms. The molecule has 186 valence electrons. The van der Waals surface area contributed by atoms with Crippen LogP contribution < -0.4 is 0 Å². The second kappa shape index (κ2) is 13.5. The Morgan fingerprint density at radius 1 is 0.735 bits per heavy atom. The normalized spacial score (nSPS) is 12.9. The van der Waals surface area contributed by atoms with E-state index in [0.29, 0.717) is 12.8 Å². The first-order chi connectivity index (χ1) is 16.0. The lowest BCUT2D eigenvalue weighted by molar-refractivity contribution is 0.125. The highest BCUT2D eigenvalue weighted by atomic mass is 35.5. The maximum Gasteiger partial charge on any atom is 0.587 e. The minimum atomic E-state index is -4.45. The molecule has 0 amide bonds. The van der Waals surface area contributed by atoms with E-state index in [1.807, 2.05) is 13.8 Å². The number of rotatable bonds is 10. The van der Waals surface area contributed by atoms with Gasteiger partial charge in [0.2, 0.25) is 0 Å². The van der Waals surface area contributed by atoms with Crippen LogP contribution in [0.15, 0.2) is 35.3 Å². The van der Waals surface area contributed by atoms with Gasteiger partial charge in [0.1, 0.15) is 0 Å². The summed E-state index contributed by atoms with van der Waals surface area (Å²) in [5.74, 6) is -0.289. The van der Waals surface area contributed by atoms with E-state index < -0.39 is 13.9 Å². The standard InChI is InChI=1S/C21H17Cl8O4P/c1-3-11(4-2)31-34(30,32-20(9-22)12-5-16(26)18(28)7-14(12)24)33-21(10-23)13-6-17(27)19(29)8-15(13)25/h5-11H,3-4H2,1-2H3/b20-9+,21-10+. The van der Waals surface area contributed by atoms with Gasteiger partial charge >= 0.3 is 7.82 Å². The lowest BCUT2D eigenvalue weighted by Crippen LogP contribution is -2.11. The molecular formula is C21H17Cl8O4P. The zero-order valence-corrected chi connectivity index (χ0v) is 24.5. The second-order valence-electron chi connectivity index (χ2n) is 6.61. The fourth-order valence-electron chi connectivity index (χ4n) is 2.60. The smallest absolute Gasteiger partial charge is 0.393 e. The molecule has 0 radical (unpaired) electrons. The van der Waals surface area contributed by atoms with Gasteiger partial charge in [0.05, 0.1) is 36.2 Å². The molecule has 0 atom stereocenters. The van der Waals surface area contributed by atoms with Crippen molar-refractivity contribution in [2.45, 2.75) is 32.8 Å². The summed E-state index contributed by atoms with van der Waals surface area (Å²) in [7, 11) is -4.45. The first-order valence-electron chi connectivity index (χ1n) is 9.56. The molecular weight excluding hydrogens is 631 g/mol. The molecule has 2 aromatic rings. The number of hydrogen-bond donors (Lipinski definition) is 0. The lowest BCUT2D eigenvalue weighted by Gasteiger charge is -2.25. The maximum absolute atomic E-state index is 13.9. The molecule has 0 bridgehead atoms. The molecule has 0 aliphatic carbocycles. The predicted molar refractivity (Wildman–Crippen MR) is 146 cm³/mol. The molecule has 0 saturated carbocycles. The molecule has 0 unspecified atom stereocenters. The highest BCUT2D eigenvalue weighted by molar-refractivity contribution is 7.49. The Kier molecular flexibility index (Phi) is 12.0. The van der Waals surface area contributed by atoms with Gasteiger partial charge < -0.3 is 9.05 Å². The molecule has 13 heteroatoms. The van der Waals surface area contributed by atoms with Gasteiger partial charge in [-0.05, 0) is 37.1 Å². The van der Waals surface area contributed by atoms with Crippen molar-refractivity contribution >= 4 is 112 Å². The van der Waals surface area contributed by atoms with E-state index in [4.69, 9.17) is 106 Å². The third-order valence-electron chi connectivity index (χ3n) is 4.36. The molecule has 0 saturated heterocycles. The Hall–Kier alpha value is 0.0300. The molecule has 0 aromatic heterocycles. The average molecular weight is 648 g/mol. The minimum Gasteiger partial charge on any atom is -0.393 e. The van der Waals surface area contributed by atoms with E-state index in [-0.39, 0.29) is 52.8 Å². The van der Waals surface area contributed by atoms with Crippen molar-refractivity contribution in [3.05, 3.63) is 76.6 Å². The molecule has 0 aliphatic rings. The quantitative estimate of drug-likeness (QED) is 0.146. The lowest BCUT2D eigenvalue weighted by atomic mass is 10.2. The largest absolute Gasteiger partial charge is 0.587 e. The van der Waals surface area contributed by atoms with E-state index >= 15 is 0 Å². The van der Waals surface area contributed by atoms with Crippen molar-refractivity contribution in [3.63, 3.8) is 0 Å². The number of benzene rings is 2. The molecule has 0 N–H and O–H groups in total. The minimum absolute atomic E-state index is 0.135. The number of phosphoric acid groups is 1. The number of hydrogen-bond acceptors (Lipinski definition) is 4. The van der Waals surface area contributed by atoms with Gasteiger partial charge in [-0.25, -0.2) is 4.57 Å². The highest BCUT2D eigenvalue weighted by Gasteiger charge is 2.37. The van der Waals surface area contributed by atoms with Crippen LogP contribution in [-0.4, -0.2) is 6.10 Å². The van der Waals surface area contributed by atoms with E-state index in [0.717, 1.165) is 11.1 Å². The summed E-state index contributed by atoms with van der Waals surface area (Å²) in [5.41, 5.74) is 2.42. The molecule has 2 aromatic carbocycles. The van der Waals surface area contributed by atoms with E-state index in [2.05, 4.69) is 0 Å². The van der Waals surface area contributed by atoms with Crippen LogP contribution in [0.3, 0.4) is 0 Å². The van der Waals surface area contributed by atoms with Gasteiger partial charge in [-0.1, -0.05) is 107 Å². The van der Waals surface area contributed by atoms with Gasteiger partial charge in [-0.15, -0.1) is 0 Å². The van der Waals surface area contributed by atoms with Crippen LogP contribution in [0.1, 0.15) is 37.8 Å². The zero-order valence-electron chi connectivity index (χ0n) is 17.6. The van der Waals surface area contributed by atoms with Gasteiger partial charge in [0, 0.05) is 22.2 Å². The topological polar surface area (TPSA) is 44.8 Å². The van der Waals surface area contributed by atoms with Crippen LogP contribution in [0, 0.1) is 0 Å². The summed E-state index contributed by atoms with van der Waals surface area (Å²) in [6, 6.07) is 5.57. The Bertz CT molecular complexity index is 1070. The van der Waals surface area contributed by atoms with Crippen LogP contribution in [0.4, 0.5) is 0 Å². The van der Waals surface area contributed by atoms with Gasteiger partial charge in [0.25, 0.3) is 0 Å². The van der Waals surface area contributed by atoms with E-state index in [9.17, 15) is 4.57 Å². The van der Waals surface area contributed by atoms with Crippen LogP contribution in [0.5, 0.6) is 0 Å². The molecule has 4 nitrogen and oxygen atoms in total. The van der Waals surface area contributed by atoms with Gasteiger partial charge in [-0.3, -0.25) is 4.52 Å². The van der Waals surface area contributed by atoms with Gasteiger partial charge in [0.15, 0.2) is 11.5 Å². The summed E-state index contributed by atoms with van der Waals surface area (Å²) in [4.78, 5) is 0. The fraction of sp³-hybridized carbons (Fsp3) is 0.238. The molecule has 0 heterocycles. The van der Waals surface area contributed by atoms with Crippen LogP contribution in [0.2, 0.25) is 30.1 Å². The van der Waals surface area contributed by atoms with Crippen molar-refractivity contribution in [1.29, 1.82) is 0 Å². The van der Waals surface area contributed by atoms with Crippen molar-refractivity contribution in [3.8, 4) is 0 Å². The first kappa shape index (κ1) is 30.3. The first-order valence-corrected chi connectivity index (χ1v) is 14.2. The Balaban J connectivity index is 2.53. The highest BCUT2D eigenvalue weighted by Crippen LogP contribution is 2.58. The SMILES string of the molecule is CCC(CC)OP(=O)(O/C(=C/Cl)c1cc(Cl)c(Cl)cc1Cl)O/C(=C/Cl)c1cc(Cl)c(Cl)cc1Cl. The summed E-state index contributed by atoms with van der Waals surface area (Å²) in [5, 5.41) is 1.02.